The van der Waals surface area contributed by atoms with E-state index in [9.17, 15) is 0 Å². The van der Waals surface area contributed by atoms with Crippen molar-refractivity contribution in [3.05, 3.63) is 118 Å². The number of hydrogen-bond donors (Lipinski definition) is 0. The quantitative estimate of drug-likeness (QED) is 0.101. The standard InChI is InChI=1S/C41H56O2Si2/c1-31-25-32(2)28-39(27-31)44(7,8)23-11-21-42-37-17-13-35(14-18-37)41(5,6)36-15-19-38(20-16-36)43-22-12-24-45(9,10)40-29-33(3)26-34(4)30-40/h13-20,25-30H,11-12,21-24H2,1-10H3. The first kappa shape index (κ1) is 34.8. The maximum atomic E-state index is 6.19. The Labute approximate surface area is 276 Å². The Morgan fingerprint density at radius 3 is 1.11 bits per heavy atom. The van der Waals surface area contributed by atoms with Crippen LogP contribution in [0.4, 0.5) is 0 Å². The highest BCUT2D eigenvalue weighted by Gasteiger charge is 2.25. The molecule has 0 atom stereocenters. The molecule has 0 unspecified atom stereocenters. The van der Waals surface area contributed by atoms with Gasteiger partial charge in [-0.1, -0.05) is 145 Å². The van der Waals surface area contributed by atoms with Crippen LogP contribution in [0.1, 0.15) is 60.1 Å². The minimum Gasteiger partial charge on any atom is -0.494 e. The maximum absolute atomic E-state index is 6.19. The molecule has 0 amide bonds. The SMILES string of the molecule is Cc1cc(C)cc([Si](C)(C)CCCOc2ccc(C(C)(C)c3ccc(OCCC[Si](C)(C)c4cc(C)cc(C)c4)cc3)cc2)c1. The van der Waals surface area contributed by atoms with Crippen LogP contribution < -0.4 is 19.8 Å². The van der Waals surface area contributed by atoms with Gasteiger partial charge in [-0.15, -0.1) is 0 Å². The van der Waals surface area contributed by atoms with Crippen LogP contribution in [0.25, 0.3) is 0 Å². The van der Waals surface area contributed by atoms with E-state index in [0.29, 0.717) is 0 Å². The summed E-state index contributed by atoms with van der Waals surface area (Å²) in [5, 5.41) is 3.11. The molecule has 0 spiro atoms. The van der Waals surface area contributed by atoms with Crippen LogP contribution in [-0.2, 0) is 5.41 Å². The first-order valence-corrected chi connectivity index (χ1v) is 23.2. The molecule has 2 nitrogen and oxygen atoms in total. The van der Waals surface area contributed by atoms with Gasteiger partial charge in [0.25, 0.3) is 0 Å². The molecule has 4 rings (SSSR count). The summed E-state index contributed by atoms with van der Waals surface area (Å²) in [6, 6.07) is 33.9. The fourth-order valence-electron chi connectivity index (χ4n) is 6.53. The number of ether oxygens (including phenoxy) is 2. The molecule has 4 aromatic carbocycles. The van der Waals surface area contributed by atoms with E-state index >= 15 is 0 Å². The Morgan fingerprint density at radius 1 is 0.489 bits per heavy atom. The third-order valence-electron chi connectivity index (χ3n) is 9.59. The van der Waals surface area contributed by atoms with Crippen molar-refractivity contribution in [1.82, 2.24) is 0 Å². The molecule has 0 aliphatic rings. The van der Waals surface area contributed by atoms with Crippen molar-refractivity contribution in [2.45, 2.75) is 98.1 Å². The van der Waals surface area contributed by atoms with Crippen molar-refractivity contribution in [2.75, 3.05) is 13.2 Å². The number of rotatable bonds is 14. The lowest BCUT2D eigenvalue weighted by molar-refractivity contribution is 0.316. The second-order valence-corrected chi connectivity index (χ2v) is 24.8. The minimum absolute atomic E-state index is 0.111. The van der Waals surface area contributed by atoms with Crippen molar-refractivity contribution in [1.29, 1.82) is 0 Å². The van der Waals surface area contributed by atoms with E-state index in [2.05, 4.69) is 153 Å². The fraction of sp³-hybridized carbons (Fsp3) is 0.415. The zero-order valence-corrected chi connectivity index (χ0v) is 31.6. The van der Waals surface area contributed by atoms with Gasteiger partial charge >= 0.3 is 0 Å². The third kappa shape index (κ3) is 9.46. The molecule has 4 heteroatoms. The highest BCUT2D eigenvalue weighted by molar-refractivity contribution is 6.90. The predicted octanol–water partition coefficient (Wildman–Crippen LogP) is 10.0. The molecule has 4 aromatic rings. The molecule has 0 radical (unpaired) electrons. The van der Waals surface area contributed by atoms with E-state index in [-0.39, 0.29) is 5.41 Å². The normalized spacial score (nSPS) is 12.3. The Hall–Kier alpha value is -3.09. The van der Waals surface area contributed by atoms with Gasteiger partial charge in [0.2, 0.25) is 0 Å². The van der Waals surface area contributed by atoms with Crippen LogP contribution >= 0.6 is 0 Å². The second kappa shape index (κ2) is 14.6. The van der Waals surface area contributed by atoms with Crippen LogP contribution in [0, 0.1) is 27.7 Å². The topological polar surface area (TPSA) is 18.5 Å². The highest BCUT2D eigenvalue weighted by Crippen LogP contribution is 2.33. The second-order valence-electron chi connectivity index (χ2n) is 15.1. The molecule has 0 N–H and O–H groups in total. The Kier molecular flexibility index (Phi) is 11.3. The summed E-state index contributed by atoms with van der Waals surface area (Å²) in [6.45, 7) is 24.8. The molecular formula is C41H56O2Si2. The van der Waals surface area contributed by atoms with E-state index in [4.69, 9.17) is 9.47 Å². The van der Waals surface area contributed by atoms with Gasteiger partial charge in [-0.3, -0.25) is 0 Å². The van der Waals surface area contributed by atoms with Crippen molar-refractivity contribution in [3.8, 4) is 11.5 Å². The van der Waals surface area contributed by atoms with Crippen LogP contribution in [-0.4, -0.2) is 29.4 Å². The first-order valence-electron chi connectivity index (χ1n) is 16.8. The zero-order valence-electron chi connectivity index (χ0n) is 29.6. The molecule has 0 bridgehead atoms. The van der Waals surface area contributed by atoms with Gasteiger partial charge < -0.3 is 9.47 Å². The molecule has 0 aliphatic heterocycles. The minimum atomic E-state index is -1.48. The number of benzene rings is 4. The summed E-state index contributed by atoms with van der Waals surface area (Å²) < 4.78 is 12.4. The van der Waals surface area contributed by atoms with Gasteiger partial charge in [0.15, 0.2) is 0 Å². The highest BCUT2D eigenvalue weighted by atomic mass is 28.3. The fourth-order valence-corrected chi connectivity index (χ4v) is 11.6. The summed E-state index contributed by atoms with van der Waals surface area (Å²) >= 11 is 0. The average molecular weight is 637 g/mol. The molecule has 0 heterocycles. The van der Waals surface area contributed by atoms with Crippen LogP contribution in [0.3, 0.4) is 0 Å². The van der Waals surface area contributed by atoms with Crippen molar-refractivity contribution in [3.63, 3.8) is 0 Å². The van der Waals surface area contributed by atoms with Crippen molar-refractivity contribution >= 4 is 26.5 Å². The molecule has 0 fully saturated rings. The van der Waals surface area contributed by atoms with Gasteiger partial charge in [-0.25, -0.2) is 0 Å². The molecule has 0 aliphatic carbocycles. The summed E-state index contributed by atoms with van der Waals surface area (Å²) in [5.41, 5.74) is 7.94. The van der Waals surface area contributed by atoms with Crippen LogP contribution in [0.2, 0.25) is 38.3 Å². The van der Waals surface area contributed by atoms with Crippen LogP contribution in [0.5, 0.6) is 11.5 Å². The lowest BCUT2D eigenvalue weighted by Gasteiger charge is -2.27. The Bertz CT molecular complexity index is 1390. The molecule has 0 saturated heterocycles. The van der Waals surface area contributed by atoms with E-state index in [1.54, 1.807) is 10.4 Å². The summed E-state index contributed by atoms with van der Waals surface area (Å²) in [5.74, 6) is 1.90. The Morgan fingerprint density at radius 2 is 0.800 bits per heavy atom. The molecule has 240 valence electrons. The monoisotopic (exact) mass is 636 g/mol. The van der Waals surface area contributed by atoms with E-state index in [1.807, 2.05) is 0 Å². The van der Waals surface area contributed by atoms with Crippen LogP contribution in [0.15, 0.2) is 84.9 Å². The lowest BCUT2D eigenvalue weighted by Crippen LogP contribution is -2.41. The zero-order chi connectivity index (χ0) is 32.8. The summed E-state index contributed by atoms with van der Waals surface area (Å²) in [7, 11) is -2.95. The Balaban J connectivity index is 1.25. The van der Waals surface area contributed by atoms with E-state index in [1.165, 1.54) is 45.5 Å². The van der Waals surface area contributed by atoms with Gasteiger partial charge in [0.1, 0.15) is 11.5 Å². The maximum Gasteiger partial charge on any atom is 0.119 e. The average Bonchev–Trinajstić information content (AvgIpc) is 2.97. The van der Waals surface area contributed by atoms with Crippen molar-refractivity contribution < 1.29 is 9.47 Å². The smallest absolute Gasteiger partial charge is 0.119 e. The van der Waals surface area contributed by atoms with E-state index in [0.717, 1.165) is 37.6 Å². The van der Waals surface area contributed by atoms with Gasteiger partial charge in [-0.05, 0) is 75.9 Å². The van der Waals surface area contributed by atoms with E-state index < -0.39 is 16.1 Å². The lowest BCUT2D eigenvalue weighted by atomic mass is 9.78. The molecule has 0 saturated carbocycles. The third-order valence-corrected chi connectivity index (χ3v) is 16.5. The largest absolute Gasteiger partial charge is 0.494 e. The summed E-state index contributed by atoms with van der Waals surface area (Å²) in [6.07, 6.45) is 2.17. The predicted molar refractivity (Wildman–Crippen MR) is 201 cm³/mol. The summed E-state index contributed by atoms with van der Waals surface area (Å²) in [4.78, 5) is 0. The molecular weight excluding hydrogens is 581 g/mol. The molecule has 0 aromatic heterocycles. The number of hydrogen-bond acceptors (Lipinski definition) is 2. The molecule has 45 heavy (non-hydrogen) atoms. The first-order chi connectivity index (χ1) is 21.2. The number of aryl methyl sites for hydroxylation is 4. The van der Waals surface area contributed by atoms with Crippen molar-refractivity contribution in [2.24, 2.45) is 0 Å². The van der Waals surface area contributed by atoms with Gasteiger partial charge in [-0.2, -0.15) is 0 Å². The van der Waals surface area contributed by atoms with Gasteiger partial charge in [0, 0.05) is 5.41 Å². The van der Waals surface area contributed by atoms with Gasteiger partial charge in [0.05, 0.1) is 29.4 Å².